The maximum Gasteiger partial charge on any atom is 0.409 e. The van der Waals surface area contributed by atoms with Gasteiger partial charge in [-0.15, -0.1) is 0 Å². The van der Waals surface area contributed by atoms with Gasteiger partial charge in [0, 0.05) is 36.8 Å². The molecule has 1 saturated heterocycles. The Morgan fingerprint density at radius 2 is 1.92 bits per heavy atom. The molecule has 38 heavy (non-hydrogen) atoms. The number of aromatic nitrogens is 2. The van der Waals surface area contributed by atoms with Crippen LogP contribution in [0.3, 0.4) is 0 Å². The number of nitrogens with zero attached hydrogens (tertiary/aromatic N) is 4. The van der Waals surface area contributed by atoms with Crippen LogP contribution < -0.4 is 4.90 Å². The lowest BCUT2D eigenvalue weighted by Crippen LogP contribution is -2.65. The minimum atomic E-state index is -4.26. The van der Waals surface area contributed by atoms with E-state index in [1.807, 2.05) is 38.1 Å². The molecule has 5 rings (SSSR count). The van der Waals surface area contributed by atoms with Crippen molar-refractivity contribution in [2.24, 2.45) is 5.92 Å². The first kappa shape index (κ1) is 26.3. The van der Waals surface area contributed by atoms with Crippen molar-refractivity contribution in [1.82, 2.24) is 14.5 Å². The molecule has 0 N–H and O–H groups in total. The van der Waals surface area contributed by atoms with Crippen molar-refractivity contribution in [2.45, 2.75) is 51.4 Å². The monoisotopic (exact) mass is 548 g/mol. The SMILES string of the molecule is CC(C)COC(=O)N1CC2(C1)C(=O)N(Cc1nc3cc(Cl)ccc3n1CCCC(F)(F)F)c1ccccc12. The average molecular weight is 549 g/mol. The molecule has 3 aromatic rings. The van der Waals surface area contributed by atoms with Gasteiger partial charge in [0.25, 0.3) is 0 Å². The number of benzene rings is 2. The Kier molecular flexibility index (Phi) is 6.79. The van der Waals surface area contributed by atoms with Gasteiger partial charge in [-0.05, 0) is 42.2 Å². The maximum absolute atomic E-state index is 13.9. The van der Waals surface area contributed by atoms with Gasteiger partial charge < -0.3 is 19.1 Å². The van der Waals surface area contributed by atoms with Gasteiger partial charge in [-0.25, -0.2) is 9.78 Å². The van der Waals surface area contributed by atoms with Crippen LogP contribution in [-0.2, 0) is 28.0 Å². The molecule has 0 atom stereocenters. The van der Waals surface area contributed by atoms with E-state index in [4.69, 9.17) is 16.3 Å². The zero-order valence-corrected chi connectivity index (χ0v) is 21.8. The first-order valence-electron chi connectivity index (χ1n) is 12.5. The fourth-order valence-corrected chi connectivity index (χ4v) is 5.39. The second-order valence-electron chi connectivity index (χ2n) is 10.3. The number of hydrogen-bond donors (Lipinski definition) is 0. The number of halogens is 4. The molecule has 0 aliphatic carbocycles. The molecule has 2 aromatic carbocycles. The fourth-order valence-electron chi connectivity index (χ4n) is 5.22. The molecule has 0 unspecified atom stereocenters. The van der Waals surface area contributed by atoms with Crippen molar-refractivity contribution in [3.8, 4) is 0 Å². The summed E-state index contributed by atoms with van der Waals surface area (Å²) in [5.74, 6) is 0.500. The number of carbonyl (C=O) groups excluding carboxylic acids is 2. The van der Waals surface area contributed by atoms with Crippen molar-refractivity contribution < 1.29 is 27.5 Å². The van der Waals surface area contributed by atoms with Crippen LogP contribution in [0.25, 0.3) is 11.0 Å². The smallest absolute Gasteiger partial charge is 0.409 e. The zero-order chi connectivity index (χ0) is 27.2. The number of hydrogen-bond acceptors (Lipinski definition) is 4. The Bertz CT molecular complexity index is 1380. The normalized spacial score (nSPS) is 16.4. The highest BCUT2D eigenvalue weighted by atomic mass is 35.5. The second kappa shape index (κ2) is 9.80. The molecular weight excluding hydrogens is 521 g/mol. The standard InChI is InChI=1S/C27H28ClF3N4O3/c1-17(2)14-38-25(37)33-15-26(16-33)19-6-3-4-7-21(19)35(24(26)36)13-23-32-20-12-18(28)8-9-22(20)34(23)11-5-10-27(29,30)31/h3-4,6-9,12,17H,5,10-11,13-16H2,1-2H3. The molecule has 0 radical (unpaired) electrons. The van der Waals surface area contributed by atoms with Crippen molar-refractivity contribution in [1.29, 1.82) is 0 Å². The van der Waals surface area contributed by atoms with Gasteiger partial charge in [0.2, 0.25) is 5.91 Å². The highest BCUT2D eigenvalue weighted by Crippen LogP contribution is 2.48. The number of aryl methyl sites for hydroxylation is 1. The van der Waals surface area contributed by atoms with Crippen LogP contribution in [0.1, 0.15) is 38.1 Å². The Hall–Kier alpha value is -3.27. The summed E-state index contributed by atoms with van der Waals surface area (Å²) in [4.78, 5) is 34.1. The number of amides is 2. The predicted octanol–water partition coefficient (Wildman–Crippen LogP) is 5.93. The van der Waals surface area contributed by atoms with E-state index >= 15 is 0 Å². The Morgan fingerprint density at radius 1 is 1.18 bits per heavy atom. The summed E-state index contributed by atoms with van der Waals surface area (Å²) >= 11 is 6.14. The van der Waals surface area contributed by atoms with Gasteiger partial charge in [0.1, 0.15) is 11.2 Å². The number of rotatable bonds is 7. The molecule has 0 bridgehead atoms. The Balaban J connectivity index is 1.42. The first-order chi connectivity index (χ1) is 18.0. The molecule has 202 valence electrons. The molecule has 2 aliphatic heterocycles. The number of fused-ring (bicyclic) bond motifs is 3. The van der Waals surface area contributed by atoms with Crippen LogP contribution in [-0.4, -0.2) is 52.3 Å². The van der Waals surface area contributed by atoms with E-state index in [2.05, 4.69) is 4.98 Å². The number of ether oxygens (including phenoxy) is 1. The summed E-state index contributed by atoms with van der Waals surface area (Å²) in [5, 5.41) is 0.462. The number of carbonyl (C=O) groups is 2. The highest BCUT2D eigenvalue weighted by Gasteiger charge is 2.59. The van der Waals surface area contributed by atoms with Crippen LogP contribution >= 0.6 is 11.6 Å². The lowest BCUT2D eigenvalue weighted by Gasteiger charge is -2.45. The van der Waals surface area contributed by atoms with Crippen LogP contribution in [0.15, 0.2) is 42.5 Å². The van der Waals surface area contributed by atoms with Crippen molar-refractivity contribution in [2.75, 3.05) is 24.6 Å². The van der Waals surface area contributed by atoms with E-state index in [1.54, 1.807) is 27.7 Å². The summed E-state index contributed by atoms with van der Waals surface area (Å²) < 4.78 is 45.7. The van der Waals surface area contributed by atoms with E-state index in [1.165, 1.54) is 4.90 Å². The molecule has 0 saturated carbocycles. The topological polar surface area (TPSA) is 67.7 Å². The molecule has 1 fully saturated rings. The Labute approximate surface area is 223 Å². The molecule has 1 aromatic heterocycles. The van der Waals surface area contributed by atoms with E-state index in [0.717, 1.165) is 5.56 Å². The number of likely N-dealkylation sites (tertiary alicyclic amines) is 1. The van der Waals surface area contributed by atoms with Crippen LogP contribution in [0, 0.1) is 5.92 Å². The van der Waals surface area contributed by atoms with E-state index < -0.39 is 24.1 Å². The molecule has 11 heteroatoms. The predicted molar refractivity (Wildman–Crippen MR) is 137 cm³/mol. The minimum absolute atomic E-state index is 0.0771. The van der Waals surface area contributed by atoms with Crippen molar-refractivity contribution in [3.05, 3.63) is 58.9 Å². The second-order valence-corrected chi connectivity index (χ2v) is 10.8. The van der Waals surface area contributed by atoms with Gasteiger partial charge in [-0.3, -0.25) is 4.79 Å². The van der Waals surface area contributed by atoms with E-state index in [9.17, 15) is 22.8 Å². The molecular formula is C27H28ClF3N4O3. The summed E-state index contributed by atoms with van der Waals surface area (Å²) in [6, 6.07) is 12.5. The van der Waals surface area contributed by atoms with Crippen LogP contribution in [0.4, 0.5) is 23.7 Å². The summed E-state index contributed by atoms with van der Waals surface area (Å²) in [7, 11) is 0. The quantitative estimate of drug-likeness (QED) is 0.367. The summed E-state index contributed by atoms with van der Waals surface area (Å²) in [6.07, 6.45) is -5.75. The van der Waals surface area contributed by atoms with Gasteiger partial charge in [-0.2, -0.15) is 13.2 Å². The third-order valence-corrected chi connectivity index (χ3v) is 7.25. The average Bonchev–Trinajstić information content (AvgIpc) is 3.28. The molecule has 1 spiro atoms. The van der Waals surface area contributed by atoms with Crippen molar-refractivity contribution in [3.63, 3.8) is 0 Å². The fraction of sp³-hybridized carbons (Fsp3) is 0.444. The zero-order valence-electron chi connectivity index (χ0n) is 21.1. The van der Waals surface area contributed by atoms with Gasteiger partial charge in [0.05, 0.1) is 24.2 Å². The number of imidazole rings is 1. The van der Waals surface area contributed by atoms with Crippen LogP contribution in [0.5, 0.6) is 0 Å². The van der Waals surface area contributed by atoms with Crippen LogP contribution in [0.2, 0.25) is 5.02 Å². The van der Waals surface area contributed by atoms with E-state index in [0.29, 0.717) is 34.2 Å². The minimum Gasteiger partial charge on any atom is -0.449 e. The Morgan fingerprint density at radius 3 is 2.63 bits per heavy atom. The molecule has 3 heterocycles. The van der Waals surface area contributed by atoms with E-state index in [-0.39, 0.29) is 44.4 Å². The van der Waals surface area contributed by atoms with Crippen molar-refractivity contribution >= 4 is 40.3 Å². The lowest BCUT2D eigenvalue weighted by molar-refractivity contribution is -0.135. The summed E-state index contributed by atoms with van der Waals surface area (Å²) in [5.41, 5.74) is 1.85. The third-order valence-electron chi connectivity index (χ3n) is 7.02. The molecule has 2 aliphatic rings. The number of anilines is 1. The van der Waals surface area contributed by atoms with Gasteiger partial charge >= 0.3 is 12.3 Å². The lowest BCUT2D eigenvalue weighted by atomic mass is 9.75. The maximum atomic E-state index is 13.9. The molecule has 2 amide bonds. The number of alkyl halides is 3. The largest absolute Gasteiger partial charge is 0.449 e. The molecule has 7 nitrogen and oxygen atoms in total. The summed E-state index contributed by atoms with van der Waals surface area (Å²) in [6.45, 7) is 4.77. The first-order valence-corrected chi connectivity index (χ1v) is 12.9. The highest BCUT2D eigenvalue weighted by molar-refractivity contribution is 6.31. The third kappa shape index (κ3) is 4.81. The van der Waals surface area contributed by atoms with Gasteiger partial charge in [0.15, 0.2) is 0 Å². The number of para-hydroxylation sites is 1. The van der Waals surface area contributed by atoms with Gasteiger partial charge in [-0.1, -0.05) is 43.6 Å².